The van der Waals surface area contributed by atoms with Gasteiger partial charge in [0.25, 0.3) is 0 Å². The number of carbonyl (C=O) groups excluding carboxylic acids is 2. The zero-order valence-electron chi connectivity index (χ0n) is 14.3. The van der Waals surface area contributed by atoms with Gasteiger partial charge in [-0.25, -0.2) is 9.59 Å². The number of ether oxygens (including phenoxy) is 3. The van der Waals surface area contributed by atoms with Crippen molar-refractivity contribution >= 4 is 18.0 Å². The van der Waals surface area contributed by atoms with Crippen LogP contribution < -0.4 is 4.74 Å². The molecule has 0 aromatic heterocycles. The Bertz CT molecular complexity index is 544. The summed E-state index contributed by atoms with van der Waals surface area (Å²) in [6.45, 7) is 9.61. The molecule has 1 rings (SSSR count). The summed E-state index contributed by atoms with van der Waals surface area (Å²) in [5, 5.41) is 0. The van der Waals surface area contributed by atoms with Crippen molar-refractivity contribution in [3.63, 3.8) is 0 Å². The lowest BCUT2D eigenvalue weighted by molar-refractivity contribution is -0.146. The summed E-state index contributed by atoms with van der Waals surface area (Å²) in [6, 6.07) is 7.09. The van der Waals surface area contributed by atoms with Gasteiger partial charge in [0.05, 0.1) is 13.2 Å². The van der Waals surface area contributed by atoms with Crippen LogP contribution in [0.4, 0.5) is 0 Å². The Balaban J connectivity index is 3.01. The van der Waals surface area contributed by atoms with Gasteiger partial charge in [0.2, 0.25) is 0 Å². The first-order valence-corrected chi connectivity index (χ1v) is 7.62. The molecule has 5 nitrogen and oxygen atoms in total. The smallest absolute Gasteiger partial charge is 0.345 e. The van der Waals surface area contributed by atoms with E-state index >= 15 is 0 Å². The maximum atomic E-state index is 11.9. The van der Waals surface area contributed by atoms with Crippen LogP contribution in [0.2, 0.25) is 0 Å². The van der Waals surface area contributed by atoms with E-state index in [0.29, 0.717) is 11.3 Å². The van der Waals surface area contributed by atoms with Crippen LogP contribution in [0.25, 0.3) is 6.08 Å². The zero-order valence-corrected chi connectivity index (χ0v) is 14.3. The number of carbonyl (C=O) groups is 2. The minimum absolute atomic E-state index is 0.127. The summed E-state index contributed by atoms with van der Waals surface area (Å²) < 4.78 is 15.5. The SMILES string of the molecule is CCOC(=O)C(=Cc1ccc(OC(C)(C)C)cc1)C(=O)OCC. The molecule has 0 heterocycles. The molecule has 0 radical (unpaired) electrons. The molecule has 0 spiro atoms. The van der Waals surface area contributed by atoms with Gasteiger partial charge < -0.3 is 14.2 Å². The number of rotatable bonds is 6. The van der Waals surface area contributed by atoms with E-state index in [1.54, 1.807) is 38.1 Å². The van der Waals surface area contributed by atoms with Crippen LogP contribution in [-0.2, 0) is 19.1 Å². The van der Waals surface area contributed by atoms with Crippen molar-refractivity contribution in [2.45, 2.75) is 40.2 Å². The lowest BCUT2D eigenvalue weighted by Crippen LogP contribution is -2.22. The summed E-state index contributed by atoms with van der Waals surface area (Å²) in [6.07, 6.45) is 1.46. The van der Waals surface area contributed by atoms with Crippen LogP contribution in [0, 0.1) is 0 Å². The van der Waals surface area contributed by atoms with E-state index in [0.717, 1.165) is 0 Å². The van der Waals surface area contributed by atoms with Crippen LogP contribution in [0.15, 0.2) is 29.8 Å². The lowest BCUT2D eigenvalue weighted by atomic mass is 10.1. The van der Waals surface area contributed by atoms with E-state index in [1.807, 2.05) is 20.8 Å². The van der Waals surface area contributed by atoms with Crippen LogP contribution >= 0.6 is 0 Å². The molecule has 1 aromatic rings. The molecule has 0 saturated carbocycles. The van der Waals surface area contributed by atoms with E-state index in [4.69, 9.17) is 14.2 Å². The normalized spacial score (nSPS) is 10.7. The lowest BCUT2D eigenvalue weighted by Gasteiger charge is -2.21. The second kappa shape index (κ2) is 8.36. The molecule has 0 unspecified atom stereocenters. The monoisotopic (exact) mass is 320 g/mol. The minimum Gasteiger partial charge on any atom is -0.488 e. The van der Waals surface area contributed by atoms with E-state index in [-0.39, 0.29) is 24.4 Å². The third kappa shape index (κ3) is 6.55. The largest absolute Gasteiger partial charge is 0.488 e. The van der Waals surface area contributed by atoms with Gasteiger partial charge in [-0.3, -0.25) is 0 Å². The van der Waals surface area contributed by atoms with Gasteiger partial charge in [-0.1, -0.05) is 12.1 Å². The summed E-state index contributed by atoms with van der Waals surface area (Å²) in [4.78, 5) is 23.8. The van der Waals surface area contributed by atoms with Gasteiger partial charge in [0.1, 0.15) is 16.9 Å². The van der Waals surface area contributed by atoms with Gasteiger partial charge in [-0.15, -0.1) is 0 Å². The number of hydrogen-bond donors (Lipinski definition) is 0. The Kier molecular flexibility index (Phi) is 6.82. The molecule has 0 amide bonds. The number of benzene rings is 1. The Morgan fingerprint density at radius 2 is 1.43 bits per heavy atom. The Morgan fingerprint density at radius 3 is 1.83 bits per heavy atom. The van der Waals surface area contributed by atoms with E-state index < -0.39 is 11.9 Å². The molecular formula is C18H24O5. The second-order valence-corrected chi connectivity index (χ2v) is 5.78. The average molecular weight is 320 g/mol. The average Bonchev–Trinajstić information content (AvgIpc) is 2.45. The number of hydrogen-bond acceptors (Lipinski definition) is 5. The van der Waals surface area contributed by atoms with Crippen LogP contribution in [0.5, 0.6) is 5.75 Å². The molecular weight excluding hydrogens is 296 g/mol. The Labute approximate surface area is 137 Å². The summed E-state index contributed by atoms with van der Waals surface area (Å²) in [7, 11) is 0. The topological polar surface area (TPSA) is 61.8 Å². The summed E-state index contributed by atoms with van der Waals surface area (Å²) >= 11 is 0. The third-order valence-corrected chi connectivity index (χ3v) is 2.61. The molecule has 0 bridgehead atoms. The standard InChI is InChI=1S/C18H24O5/c1-6-21-16(19)15(17(20)22-7-2)12-13-8-10-14(11-9-13)23-18(3,4)5/h8-12H,6-7H2,1-5H3. The predicted molar refractivity (Wildman–Crippen MR) is 88.1 cm³/mol. The molecule has 23 heavy (non-hydrogen) atoms. The molecule has 0 fully saturated rings. The van der Waals surface area contributed by atoms with Gasteiger partial charge in [0.15, 0.2) is 0 Å². The fourth-order valence-corrected chi connectivity index (χ4v) is 1.77. The number of esters is 2. The van der Waals surface area contributed by atoms with Gasteiger partial charge >= 0.3 is 11.9 Å². The van der Waals surface area contributed by atoms with E-state index in [1.165, 1.54) is 6.08 Å². The maximum Gasteiger partial charge on any atom is 0.345 e. The van der Waals surface area contributed by atoms with Crippen LogP contribution in [0.1, 0.15) is 40.2 Å². The van der Waals surface area contributed by atoms with Crippen molar-refractivity contribution < 1.29 is 23.8 Å². The molecule has 0 aliphatic carbocycles. The van der Waals surface area contributed by atoms with E-state index in [2.05, 4.69) is 0 Å². The first kappa shape index (κ1) is 18.7. The molecule has 5 heteroatoms. The molecule has 0 aliphatic heterocycles. The van der Waals surface area contributed by atoms with Crippen molar-refractivity contribution in [1.29, 1.82) is 0 Å². The van der Waals surface area contributed by atoms with Crippen LogP contribution in [0.3, 0.4) is 0 Å². The fraction of sp³-hybridized carbons (Fsp3) is 0.444. The molecule has 126 valence electrons. The van der Waals surface area contributed by atoms with Crippen molar-refractivity contribution in [2.24, 2.45) is 0 Å². The molecule has 1 aromatic carbocycles. The van der Waals surface area contributed by atoms with Gasteiger partial charge in [0, 0.05) is 0 Å². The zero-order chi connectivity index (χ0) is 17.5. The first-order chi connectivity index (χ1) is 10.8. The Morgan fingerprint density at radius 1 is 0.957 bits per heavy atom. The minimum atomic E-state index is -0.694. The molecule has 0 aliphatic rings. The second-order valence-electron chi connectivity index (χ2n) is 5.78. The van der Waals surface area contributed by atoms with E-state index in [9.17, 15) is 9.59 Å². The molecule has 0 atom stereocenters. The summed E-state index contributed by atoms with van der Waals surface area (Å²) in [5.74, 6) is -0.676. The highest BCUT2D eigenvalue weighted by Crippen LogP contribution is 2.20. The van der Waals surface area contributed by atoms with Gasteiger partial charge in [-0.05, 0) is 58.4 Å². The summed E-state index contributed by atoms with van der Waals surface area (Å²) in [5.41, 5.74) is 0.263. The highest BCUT2D eigenvalue weighted by Gasteiger charge is 2.21. The maximum absolute atomic E-state index is 11.9. The third-order valence-electron chi connectivity index (χ3n) is 2.61. The van der Waals surface area contributed by atoms with Gasteiger partial charge in [-0.2, -0.15) is 0 Å². The van der Waals surface area contributed by atoms with Crippen molar-refractivity contribution in [3.05, 3.63) is 35.4 Å². The first-order valence-electron chi connectivity index (χ1n) is 7.62. The highest BCUT2D eigenvalue weighted by molar-refractivity contribution is 6.17. The van der Waals surface area contributed by atoms with Crippen molar-refractivity contribution in [1.82, 2.24) is 0 Å². The van der Waals surface area contributed by atoms with Crippen molar-refractivity contribution in [2.75, 3.05) is 13.2 Å². The highest BCUT2D eigenvalue weighted by atomic mass is 16.6. The van der Waals surface area contributed by atoms with Crippen molar-refractivity contribution in [3.8, 4) is 5.75 Å². The fourth-order valence-electron chi connectivity index (χ4n) is 1.77. The molecule has 0 saturated heterocycles. The van der Waals surface area contributed by atoms with Crippen LogP contribution in [-0.4, -0.2) is 30.8 Å². The quantitative estimate of drug-likeness (QED) is 0.348. The Hall–Kier alpha value is -2.30. The molecule has 0 N–H and O–H groups in total. The predicted octanol–water partition coefficient (Wildman–Crippen LogP) is 3.37.